The number of halogens is 3. The van der Waals surface area contributed by atoms with Gasteiger partial charge in [-0.05, 0) is 13.3 Å². The molecule has 86 valence electrons. The minimum Gasteiger partial charge on any atom is -0.338 e. The van der Waals surface area contributed by atoms with E-state index in [1.807, 2.05) is 13.8 Å². The van der Waals surface area contributed by atoms with E-state index in [4.69, 9.17) is 0 Å². The molecular weight excluding hydrogens is 211 g/mol. The Bertz CT molecular complexity index is 310. The molecule has 1 aromatic rings. The molecule has 1 N–H and O–H groups in total. The number of hydrogen-bond acceptors (Lipinski definition) is 4. The van der Waals surface area contributed by atoms with Gasteiger partial charge in [0.25, 0.3) is 5.82 Å². The fraction of sp³-hybridized carbons (Fsp3) is 0.750. The van der Waals surface area contributed by atoms with Crippen LogP contribution in [0.1, 0.15) is 32.0 Å². The molecule has 0 amide bonds. The van der Waals surface area contributed by atoms with Gasteiger partial charge < -0.3 is 9.84 Å². The molecule has 0 aliphatic rings. The van der Waals surface area contributed by atoms with E-state index in [-0.39, 0.29) is 18.5 Å². The van der Waals surface area contributed by atoms with Crippen LogP contribution in [-0.4, -0.2) is 16.2 Å². The van der Waals surface area contributed by atoms with Crippen molar-refractivity contribution < 1.29 is 17.7 Å². The van der Waals surface area contributed by atoms with Gasteiger partial charge in [-0.15, -0.1) is 0 Å². The van der Waals surface area contributed by atoms with E-state index < -0.39 is 12.0 Å². The van der Waals surface area contributed by atoms with Gasteiger partial charge in [0.2, 0.25) is 5.89 Å². The van der Waals surface area contributed by atoms with Gasteiger partial charge in [0.1, 0.15) is 0 Å². The predicted octanol–water partition coefficient (Wildman–Crippen LogP) is 1.98. The molecule has 0 saturated carbocycles. The number of nitrogens with zero attached hydrogens (tertiary/aromatic N) is 2. The van der Waals surface area contributed by atoms with Crippen LogP contribution in [-0.2, 0) is 12.7 Å². The molecule has 1 atom stereocenters. The summed E-state index contributed by atoms with van der Waals surface area (Å²) in [6.07, 6.45) is -3.67. The highest BCUT2D eigenvalue weighted by atomic mass is 19.4. The highest BCUT2D eigenvalue weighted by Crippen LogP contribution is 2.26. The van der Waals surface area contributed by atoms with Crippen molar-refractivity contribution in [1.29, 1.82) is 0 Å². The second-order valence-corrected chi connectivity index (χ2v) is 3.20. The van der Waals surface area contributed by atoms with Gasteiger partial charge in [-0.25, -0.2) is 0 Å². The van der Waals surface area contributed by atoms with Gasteiger partial charge in [0, 0.05) is 6.04 Å². The molecule has 1 unspecified atom stereocenters. The fourth-order valence-corrected chi connectivity index (χ4v) is 0.848. The van der Waals surface area contributed by atoms with Crippen LogP contribution in [0.25, 0.3) is 0 Å². The van der Waals surface area contributed by atoms with Gasteiger partial charge in [0.05, 0.1) is 6.54 Å². The first-order chi connectivity index (χ1) is 6.93. The van der Waals surface area contributed by atoms with Gasteiger partial charge in [-0.1, -0.05) is 12.1 Å². The number of alkyl halides is 3. The first-order valence-corrected chi connectivity index (χ1v) is 4.56. The molecule has 0 aliphatic carbocycles. The maximum atomic E-state index is 12.1. The summed E-state index contributed by atoms with van der Waals surface area (Å²) in [5.74, 6) is -1.29. The molecule has 1 heterocycles. The lowest BCUT2D eigenvalue weighted by molar-refractivity contribution is -0.146. The zero-order valence-corrected chi connectivity index (χ0v) is 8.43. The molecule has 7 heteroatoms. The summed E-state index contributed by atoms with van der Waals surface area (Å²) in [7, 11) is 0. The summed E-state index contributed by atoms with van der Waals surface area (Å²) in [4.78, 5) is 3.22. The third kappa shape index (κ3) is 3.50. The Morgan fingerprint density at radius 1 is 1.47 bits per heavy atom. The van der Waals surface area contributed by atoms with Crippen molar-refractivity contribution in [2.75, 3.05) is 0 Å². The molecule has 0 aliphatic heterocycles. The summed E-state index contributed by atoms with van der Waals surface area (Å²) in [5, 5.41) is 5.79. The Labute approximate surface area is 84.9 Å². The molecule has 0 fully saturated rings. The largest absolute Gasteiger partial charge is 0.455 e. The van der Waals surface area contributed by atoms with Crippen LogP contribution in [0, 0.1) is 0 Å². The Morgan fingerprint density at radius 3 is 2.60 bits per heavy atom. The summed E-state index contributed by atoms with van der Waals surface area (Å²) in [6, 6.07) is 0.200. The monoisotopic (exact) mass is 223 g/mol. The van der Waals surface area contributed by atoms with Crippen molar-refractivity contribution in [3.63, 3.8) is 0 Å². The smallest absolute Gasteiger partial charge is 0.338 e. The third-order valence-corrected chi connectivity index (χ3v) is 1.94. The van der Waals surface area contributed by atoms with Crippen LogP contribution >= 0.6 is 0 Å². The van der Waals surface area contributed by atoms with Crippen molar-refractivity contribution >= 4 is 0 Å². The van der Waals surface area contributed by atoms with Crippen molar-refractivity contribution in [1.82, 2.24) is 15.5 Å². The molecule has 1 rings (SSSR count). The Morgan fingerprint density at radius 2 is 2.13 bits per heavy atom. The molecule has 0 aromatic carbocycles. The summed E-state index contributed by atoms with van der Waals surface area (Å²) >= 11 is 0. The van der Waals surface area contributed by atoms with E-state index >= 15 is 0 Å². The lowest BCUT2D eigenvalue weighted by Gasteiger charge is -2.07. The maximum absolute atomic E-state index is 12.1. The topological polar surface area (TPSA) is 51.0 Å². The third-order valence-electron chi connectivity index (χ3n) is 1.94. The first-order valence-electron chi connectivity index (χ1n) is 4.56. The highest BCUT2D eigenvalue weighted by Gasteiger charge is 2.37. The number of hydrogen-bond donors (Lipinski definition) is 1. The van der Waals surface area contributed by atoms with Crippen molar-refractivity contribution in [2.24, 2.45) is 0 Å². The predicted molar refractivity (Wildman–Crippen MR) is 45.9 cm³/mol. The maximum Gasteiger partial charge on any atom is 0.455 e. The van der Waals surface area contributed by atoms with Crippen molar-refractivity contribution in [2.45, 2.75) is 39.0 Å². The molecule has 0 saturated heterocycles. The average Bonchev–Trinajstić information content (AvgIpc) is 2.61. The van der Waals surface area contributed by atoms with E-state index in [1.165, 1.54) is 0 Å². The van der Waals surface area contributed by atoms with E-state index in [0.29, 0.717) is 0 Å². The second kappa shape index (κ2) is 4.61. The zero-order valence-electron chi connectivity index (χ0n) is 8.43. The van der Waals surface area contributed by atoms with Crippen LogP contribution in [0.15, 0.2) is 4.52 Å². The van der Waals surface area contributed by atoms with Gasteiger partial charge in [0.15, 0.2) is 0 Å². The summed E-state index contributed by atoms with van der Waals surface area (Å²) in [6.45, 7) is 4.03. The molecule has 1 aromatic heterocycles. The van der Waals surface area contributed by atoms with E-state index in [0.717, 1.165) is 6.42 Å². The number of aromatic nitrogens is 2. The lowest BCUT2D eigenvalue weighted by Crippen LogP contribution is -2.24. The van der Waals surface area contributed by atoms with Crippen LogP contribution in [0.2, 0.25) is 0 Å². The molecule has 15 heavy (non-hydrogen) atoms. The molecule has 0 spiro atoms. The van der Waals surface area contributed by atoms with Crippen LogP contribution < -0.4 is 5.32 Å². The Hall–Kier alpha value is -1.11. The summed E-state index contributed by atoms with van der Waals surface area (Å²) < 4.78 is 40.6. The number of nitrogens with one attached hydrogen (secondary N) is 1. The van der Waals surface area contributed by atoms with Crippen molar-refractivity contribution in [3.05, 3.63) is 11.7 Å². The van der Waals surface area contributed by atoms with Crippen LogP contribution in [0.4, 0.5) is 13.2 Å². The standard InChI is InChI=1S/C8H12F3N3O/c1-3-5(2)12-4-6-13-7(14-15-6)8(9,10)11/h5,12H,3-4H2,1-2H3. The van der Waals surface area contributed by atoms with Crippen molar-refractivity contribution in [3.8, 4) is 0 Å². The lowest BCUT2D eigenvalue weighted by atomic mass is 10.3. The Balaban J connectivity index is 2.54. The van der Waals surface area contributed by atoms with E-state index in [1.54, 1.807) is 0 Å². The van der Waals surface area contributed by atoms with Gasteiger partial charge in [-0.3, -0.25) is 0 Å². The normalized spacial score (nSPS) is 14.2. The van der Waals surface area contributed by atoms with Gasteiger partial charge in [-0.2, -0.15) is 18.2 Å². The quantitative estimate of drug-likeness (QED) is 0.847. The highest BCUT2D eigenvalue weighted by molar-refractivity contribution is 4.90. The van der Waals surface area contributed by atoms with Gasteiger partial charge >= 0.3 is 6.18 Å². The number of rotatable bonds is 4. The SMILES string of the molecule is CCC(C)NCc1nc(C(F)(F)F)no1. The second-order valence-electron chi connectivity index (χ2n) is 3.20. The molecule has 0 bridgehead atoms. The molecule has 0 radical (unpaired) electrons. The summed E-state index contributed by atoms with van der Waals surface area (Å²) in [5.41, 5.74) is 0. The zero-order chi connectivity index (χ0) is 11.5. The van der Waals surface area contributed by atoms with Crippen LogP contribution in [0.3, 0.4) is 0 Å². The van der Waals surface area contributed by atoms with Crippen LogP contribution in [0.5, 0.6) is 0 Å². The molecular formula is C8H12F3N3O. The molecule has 4 nitrogen and oxygen atoms in total. The van der Waals surface area contributed by atoms with E-state index in [2.05, 4.69) is 20.0 Å². The average molecular weight is 223 g/mol. The fourth-order valence-electron chi connectivity index (χ4n) is 0.848. The minimum absolute atomic E-state index is 0.0531. The first kappa shape index (κ1) is 12.0. The Kier molecular flexibility index (Phi) is 3.67. The minimum atomic E-state index is -4.54. The van der Waals surface area contributed by atoms with E-state index in [9.17, 15) is 13.2 Å².